The van der Waals surface area contributed by atoms with Crippen LogP contribution >= 0.6 is 11.8 Å². The summed E-state index contributed by atoms with van der Waals surface area (Å²) in [5.41, 5.74) is 8.34. The lowest BCUT2D eigenvalue weighted by molar-refractivity contribution is 0.704. The van der Waals surface area contributed by atoms with E-state index in [2.05, 4.69) is 41.5 Å². The van der Waals surface area contributed by atoms with Crippen LogP contribution in [0.2, 0.25) is 0 Å². The van der Waals surface area contributed by atoms with Crippen LogP contribution in [0.1, 0.15) is 11.3 Å². The smallest absolute Gasteiger partial charge is 0.0842 e. The van der Waals surface area contributed by atoms with Crippen LogP contribution < -0.4 is 5.73 Å². The average molecular weight is 262 g/mol. The van der Waals surface area contributed by atoms with Crippen molar-refractivity contribution in [3.8, 4) is 0 Å². The molecule has 0 spiro atoms. The fraction of sp³-hybridized carbons (Fsp3) is 0.385. The Morgan fingerprint density at radius 1 is 1.44 bits per heavy atom. The number of aryl methyl sites for hydroxylation is 2. The first-order valence-corrected chi connectivity index (χ1v) is 6.92. The Hall–Kier alpha value is -1.33. The Balaban J connectivity index is 1.83. The number of nitrogens with two attached hydrogens (primary N) is 1. The Kier molecular flexibility index (Phi) is 4.38. The number of aromatic nitrogens is 3. The van der Waals surface area contributed by atoms with Crippen LogP contribution in [0, 0.1) is 6.92 Å². The molecule has 0 fully saturated rings. The van der Waals surface area contributed by atoms with Crippen molar-refractivity contribution in [3.05, 3.63) is 41.7 Å². The highest BCUT2D eigenvalue weighted by Gasteiger charge is 2.07. The number of thioether (sulfide) groups is 1. The lowest BCUT2D eigenvalue weighted by atomic mass is 10.2. The summed E-state index contributed by atoms with van der Waals surface area (Å²) in [5, 5.41) is 7.95. The maximum absolute atomic E-state index is 6.10. The topological polar surface area (TPSA) is 56.7 Å². The third kappa shape index (κ3) is 3.85. The van der Waals surface area contributed by atoms with Gasteiger partial charge in [0.05, 0.1) is 5.69 Å². The van der Waals surface area contributed by atoms with Crippen molar-refractivity contribution >= 4 is 11.8 Å². The van der Waals surface area contributed by atoms with Crippen LogP contribution in [0.15, 0.2) is 35.4 Å². The maximum atomic E-state index is 6.10. The minimum atomic E-state index is 0.104. The van der Waals surface area contributed by atoms with Gasteiger partial charge in [0.2, 0.25) is 0 Å². The van der Waals surface area contributed by atoms with Crippen LogP contribution in [-0.4, -0.2) is 26.8 Å². The second-order valence-corrected chi connectivity index (χ2v) is 5.57. The maximum Gasteiger partial charge on any atom is 0.0842 e. The van der Waals surface area contributed by atoms with Crippen molar-refractivity contribution in [3.63, 3.8) is 0 Å². The summed E-state index contributed by atoms with van der Waals surface area (Å²) in [6.45, 7) is 2.10. The monoisotopic (exact) mass is 262 g/mol. The molecule has 2 rings (SSSR count). The van der Waals surface area contributed by atoms with E-state index in [1.165, 1.54) is 10.5 Å². The van der Waals surface area contributed by atoms with Gasteiger partial charge in [-0.3, -0.25) is 4.68 Å². The van der Waals surface area contributed by atoms with Crippen LogP contribution in [0.3, 0.4) is 0 Å². The summed E-state index contributed by atoms with van der Waals surface area (Å²) < 4.78 is 1.70. The molecule has 0 bridgehead atoms. The van der Waals surface area contributed by atoms with Gasteiger partial charge in [-0.05, 0) is 19.1 Å². The van der Waals surface area contributed by atoms with Gasteiger partial charge in [-0.2, -0.15) is 0 Å². The van der Waals surface area contributed by atoms with E-state index in [1.54, 1.807) is 16.4 Å². The molecule has 0 amide bonds. The molecule has 0 saturated heterocycles. The Morgan fingerprint density at radius 2 is 2.28 bits per heavy atom. The molecule has 0 aliphatic heterocycles. The zero-order chi connectivity index (χ0) is 13.0. The van der Waals surface area contributed by atoms with E-state index >= 15 is 0 Å². The molecule has 0 saturated carbocycles. The van der Waals surface area contributed by atoms with E-state index < -0.39 is 0 Å². The molecule has 0 aliphatic rings. The van der Waals surface area contributed by atoms with Gasteiger partial charge in [0.1, 0.15) is 0 Å². The molecular formula is C13H18N4S. The van der Waals surface area contributed by atoms with Gasteiger partial charge in [-0.25, -0.2) is 0 Å². The van der Waals surface area contributed by atoms with Crippen LogP contribution in [0.5, 0.6) is 0 Å². The zero-order valence-electron chi connectivity index (χ0n) is 10.7. The molecule has 1 atom stereocenters. The van der Waals surface area contributed by atoms with Crippen molar-refractivity contribution < 1.29 is 0 Å². The van der Waals surface area contributed by atoms with Crippen LogP contribution in [0.4, 0.5) is 0 Å². The summed E-state index contributed by atoms with van der Waals surface area (Å²) >= 11 is 1.79. The Bertz CT molecular complexity index is 509. The molecule has 5 heteroatoms. The summed E-state index contributed by atoms with van der Waals surface area (Å²) in [6.07, 6.45) is 2.68. The number of hydrogen-bond acceptors (Lipinski definition) is 4. The summed E-state index contributed by atoms with van der Waals surface area (Å²) in [4.78, 5) is 1.27. The SMILES string of the molecule is Cc1cccc(SCC(N)Cc2cn(C)nn2)c1. The normalized spacial score (nSPS) is 12.6. The van der Waals surface area contributed by atoms with E-state index in [0.717, 1.165) is 17.9 Å². The number of hydrogen-bond donors (Lipinski definition) is 1. The van der Waals surface area contributed by atoms with E-state index in [0.29, 0.717) is 0 Å². The Morgan fingerprint density at radius 3 is 2.94 bits per heavy atom. The highest BCUT2D eigenvalue weighted by molar-refractivity contribution is 7.99. The largest absolute Gasteiger partial charge is 0.327 e. The first-order valence-electron chi connectivity index (χ1n) is 5.94. The second-order valence-electron chi connectivity index (χ2n) is 4.48. The molecule has 96 valence electrons. The molecule has 0 aliphatic carbocycles. The van der Waals surface area contributed by atoms with Crippen molar-refractivity contribution in [1.29, 1.82) is 0 Å². The molecule has 2 aromatic rings. The standard InChI is InChI=1S/C13H18N4S/c1-10-4-3-5-13(6-10)18-9-11(14)7-12-8-17(2)16-15-12/h3-6,8,11H,7,9,14H2,1-2H3. The number of benzene rings is 1. The van der Waals surface area contributed by atoms with E-state index in [1.807, 2.05) is 13.2 Å². The molecule has 1 aromatic heterocycles. The predicted octanol–water partition coefficient (Wildman–Crippen LogP) is 1.79. The molecular weight excluding hydrogens is 244 g/mol. The number of nitrogens with zero attached hydrogens (tertiary/aromatic N) is 3. The lowest BCUT2D eigenvalue weighted by Gasteiger charge is -2.09. The second kappa shape index (κ2) is 6.02. The van der Waals surface area contributed by atoms with Gasteiger partial charge in [-0.1, -0.05) is 22.9 Å². The Labute approximate surface area is 112 Å². The molecule has 1 unspecified atom stereocenters. The minimum absolute atomic E-state index is 0.104. The minimum Gasteiger partial charge on any atom is -0.327 e. The van der Waals surface area contributed by atoms with Gasteiger partial charge in [-0.15, -0.1) is 16.9 Å². The van der Waals surface area contributed by atoms with Crippen molar-refractivity contribution in [1.82, 2.24) is 15.0 Å². The predicted molar refractivity (Wildman–Crippen MR) is 74.6 cm³/mol. The quantitative estimate of drug-likeness (QED) is 0.835. The summed E-state index contributed by atoms with van der Waals surface area (Å²) in [7, 11) is 1.86. The molecule has 4 nitrogen and oxygen atoms in total. The highest BCUT2D eigenvalue weighted by Crippen LogP contribution is 2.19. The zero-order valence-corrected chi connectivity index (χ0v) is 11.5. The lowest BCUT2D eigenvalue weighted by Crippen LogP contribution is -2.25. The fourth-order valence-corrected chi connectivity index (χ4v) is 2.69. The molecule has 1 aromatic carbocycles. The molecule has 1 heterocycles. The first-order chi connectivity index (χ1) is 8.63. The van der Waals surface area contributed by atoms with E-state index in [9.17, 15) is 0 Å². The third-order valence-corrected chi connectivity index (χ3v) is 3.76. The van der Waals surface area contributed by atoms with Crippen LogP contribution in [0.25, 0.3) is 0 Å². The first kappa shape index (κ1) is 13.1. The third-order valence-electron chi connectivity index (χ3n) is 2.58. The van der Waals surface area contributed by atoms with Gasteiger partial charge in [0.25, 0.3) is 0 Å². The summed E-state index contributed by atoms with van der Waals surface area (Å²) in [6, 6.07) is 8.58. The molecule has 0 radical (unpaired) electrons. The van der Waals surface area contributed by atoms with Gasteiger partial charge in [0, 0.05) is 36.4 Å². The van der Waals surface area contributed by atoms with Crippen molar-refractivity contribution in [2.24, 2.45) is 12.8 Å². The van der Waals surface area contributed by atoms with Crippen molar-refractivity contribution in [2.75, 3.05) is 5.75 Å². The van der Waals surface area contributed by atoms with E-state index in [4.69, 9.17) is 5.73 Å². The van der Waals surface area contributed by atoms with Gasteiger partial charge in [0.15, 0.2) is 0 Å². The van der Waals surface area contributed by atoms with Gasteiger partial charge >= 0.3 is 0 Å². The fourth-order valence-electron chi connectivity index (χ4n) is 1.72. The highest BCUT2D eigenvalue weighted by atomic mass is 32.2. The average Bonchev–Trinajstić information content (AvgIpc) is 2.72. The number of rotatable bonds is 5. The van der Waals surface area contributed by atoms with E-state index in [-0.39, 0.29) is 6.04 Å². The van der Waals surface area contributed by atoms with Crippen molar-refractivity contribution in [2.45, 2.75) is 24.3 Å². The molecule has 18 heavy (non-hydrogen) atoms. The van der Waals surface area contributed by atoms with Crippen LogP contribution in [-0.2, 0) is 13.5 Å². The molecule has 2 N–H and O–H groups in total. The van der Waals surface area contributed by atoms with Gasteiger partial charge < -0.3 is 5.73 Å². The summed E-state index contributed by atoms with van der Waals surface area (Å²) in [5.74, 6) is 0.889.